The standard InChI is InChI=1S/C19H30N2O3/c1-5-19(13-22)8-10-21(11-9-19)18(23)20-16-6-7-17(15(4)12-16)24-14(2)3/h6-7,12,14,22H,5,8-11,13H2,1-4H3,(H,20,23). The summed E-state index contributed by atoms with van der Waals surface area (Å²) in [4.78, 5) is 14.3. The van der Waals surface area contributed by atoms with Crippen LogP contribution in [-0.4, -0.2) is 41.8 Å². The summed E-state index contributed by atoms with van der Waals surface area (Å²) in [5.74, 6) is 0.844. The van der Waals surface area contributed by atoms with Crippen molar-refractivity contribution in [2.75, 3.05) is 25.0 Å². The van der Waals surface area contributed by atoms with Gasteiger partial charge in [-0.25, -0.2) is 4.79 Å². The molecule has 2 rings (SSSR count). The summed E-state index contributed by atoms with van der Waals surface area (Å²) >= 11 is 0. The van der Waals surface area contributed by atoms with E-state index in [-0.39, 0.29) is 24.2 Å². The van der Waals surface area contributed by atoms with Crippen molar-refractivity contribution < 1.29 is 14.6 Å². The highest BCUT2D eigenvalue weighted by Gasteiger charge is 2.33. The average Bonchev–Trinajstić information content (AvgIpc) is 2.57. The molecule has 1 fully saturated rings. The van der Waals surface area contributed by atoms with Gasteiger partial charge in [-0.15, -0.1) is 0 Å². The molecule has 0 saturated carbocycles. The van der Waals surface area contributed by atoms with Crippen LogP contribution in [0.3, 0.4) is 0 Å². The van der Waals surface area contributed by atoms with Crippen LogP contribution in [-0.2, 0) is 0 Å². The third-order valence-corrected chi connectivity index (χ3v) is 4.99. The highest BCUT2D eigenvalue weighted by atomic mass is 16.5. The van der Waals surface area contributed by atoms with Gasteiger partial charge in [-0.1, -0.05) is 6.92 Å². The highest BCUT2D eigenvalue weighted by Crippen LogP contribution is 2.34. The average molecular weight is 334 g/mol. The van der Waals surface area contributed by atoms with E-state index in [1.54, 1.807) is 0 Å². The van der Waals surface area contributed by atoms with Crippen LogP contribution in [0.1, 0.15) is 45.6 Å². The Kier molecular flexibility index (Phi) is 6.10. The Bertz CT molecular complexity index is 558. The molecule has 5 nitrogen and oxygen atoms in total. The maximum atomic E-state index is 12.5. The molecular formula is C19H30N2O3. The smallest absolute Gasteiger partial charge is 0.321 e. The molecule has 1 aromatic carbocycles. The number of hydrogen-bond donors (Lipinski definition) is 2. The lowest BCUT2D eigenvalue weighted by atomic mass is 9.77. The molecule has 0 bridgehead atoms. The number of benzene rings is 1. The Balaban J connectivity index is 1.94. The number of nitrogens with zero attached hydrogens (tertiary/aromatic N) is 1. The van der Waals surface area contributed by atoms with E-state index in [2.05, 4.69) is 12.2 Å². The molecule has 1 saturated heterocycles. The summed E-state index contributed by atoms with van der Waals surface area (Å²) < 4.78 is 5.72. The Labute approximate surface area is 145 Å². The number of rotatable bonds is 5. The van der Waals surface area contributed by atoms with Crippen molar-refractivity contribution in [2.45, 2.75) is 53.1 Å². The third-order valence-electron chi connectivity index (χ3n) is 4.99. The van der Waals surface area contributed by atoms with Crippen LogP contribution < -0.4 is 10.1 Å². The van der Waals surface area contributed by atoms with Gasteiger partial charge in [0.15, 0.2) is 0 Å². The summed E-state index contributed by atoms with van der Waals surface area (Å²) in [6, 6.07) is 5.63. The molecule has 24 heavy (non-hydrogen) atoms. The van der Waals surface area contributed by atoms with E-state index in [1.165, 1.54) is 0 Å². The predicted octanol–water partition coefficient (Wildman–Crippen LogP) is 3.80. The van der Waals surface area contributed by atoms with Gasteiger partial charge in [0.2, 0.25) is 0 Å². The molecule has 0 aromatic heterocycles. The van der Waals surface area contributed by atoms with Gasteiger partial charge in [0, 0.05) is 25.4 Å². The van der Waals surface area contributed by atoms with Crippen molar-refractivity contribution in [3.05, 3.63) is 23.8 Å². The molecule has 0 atom stereocenters. The van der Waals surface area contributed by atoms with E-state index in [0.717, 1.165) is 36.3 Å². The first kappa shape index (κ1) is 18.6. The van der Waals surface area contributed by atoms with Gasteiger partial charge < -0.3 is 20.1 Å². The minimum absolute atomic E-state index is 0.0107. The van der Waals surface area contributed by atoms with E-state index in [0.29, 0.717) is 13.1 Å². The summed E-state index contributed by atoms with van der Waals surface area (Å²) in [5, 5.41) is 12.6. The van der Waals surface area contributed by atoms with Crippen molar-refractivity contribution in [1.29, 1.82) is 0 Å². The minimum Gasteiger partial charge on any atom is -0.491 e. The van der Waals surface area contributed by atoms with Gasteiger partial charge in [-0.3, -0.25) is 0 Å². The van der Waals surface area contributed by atoms with Crippen LogP contribution in [0, 0.1) is 12.3 Å². The number of likely N-dealkylation sites (tertiary alicyclic amines) is 1. The number of piperidine rings is 1. The van der Waals surface area contributed by atoms with E-state index < -0.39 is 0 Å². The molecule has 0 unspecified atom stereocenters. The van der Waals surface area contributed by atoms with E-state index in [1.807, 2.05) is 43.9 Å². The topological polar surface area (TPSA) is 61.8 Å². The van der Waals surface area contributed by atoms with Crippen LogP contribution in [0.2, 0.25) is 0 Å². The summed E-state index contributed by atoms with van der Waals surface area (Å²) in [6.45, 7) is 9.65. The molecule has 0 spiro atoms. The first-order valence-electron chi connectivity index (χ1n) is 8.83. The van der Waals surface area contributed by atoms with Crippen LogP contribution >= 0.6 is 0 Å². The van der Waals surface area contributed by atoms with E-state index >= 15 is 0 Å². The van der Waals surface area contributed by atoms with Gasteiger partial charge >= 0.3 is 6.03 Å². The SMILES string of the molecule is CCC1(CO)CCN(C(=O)Nc2ccc(OC(C)C)c(C)c2)CC1. The molecule has 1 heterocycles. The monoisotopic (exact) mass is 334 g/mol. The lowest BCUT2D eigenvalue weighted by Crippen LogP contribution is -2.46. The number of hydrogen-bond acceptors (Lipinski definition) is 3. The van der Waals surface area contributed by atoms with Gasteiger partial charge in [-0.2, -0.15) is 0 Å². The summed E-state index contributed by atoms with van der Waals surface area (Å²) in [5.41, 5.74) is 1.77. The maximum absolute atomic E-state index is 12.5. The van der Waals surface area contributed by atoms with Crippen molar-refractivity contribution in [3.63, 3.8) is 0 Å². The second-order valence-corrected chi connectivity index (χ2v) is 7.08. The summed E-state index contributed by atoms with van der Waals surface area (Å²) in [7, 11) is 0. The van der Waals surface area contributed by atoms with Crippen molar-refractivity contribution in [2.24, 2.45) is 5.41 Å². The van der Waals surface area contributed by atoms with Gasteiger partial charge in [0.05, 0.1) is 6.10 Å². The molecular weight excluding hydrogens is 304 g/mol. The third kappa shape index (κ3) is 4.41. The molecule has 134 valence electrons. The Morgan fingerprint density at radius 3 is 2.54 bits per heavy atom. The maximum Gasteiger partial charge on any atom is 0.321 e. The second-order valence-electron chi connectivity index (χ2n) is 7.08. The van der Waals surface area contributed by atoms with Crippen molar-refractivity contribution in [1.82, 2.24) is 4.90 Å². The fraction of sp³-hybridized carbons (Fsp3) is 0.632. The highest BCUT2D eigenvalue weighted by molar-refractivity contribution is 5.89. The number of aliphatic hydroxyl groups excluding tert-OH is 1. The van der Waals surface area contributed by atoms with Gasteiger partial charge in [0.1, 0.15) is 5.75 Å². The zero-order valence-corrected chi connectivity index (χ0v) is 15.3. The second kappa shape index (κ2) is 7.88. The number of aliphatic hydroxyl groups is 1. The Morgan fingerprint density at radius 1 is 1.38 bits per heavy atom. The van der Waals surface area contributed by atoms with Gasteiger partial charge in [0.25, 0.3) is 0 Å². The molecule has 0 aliphatic carbocycles. The Morgan fingerprint density at radius 2 is 2.04 bits per heavy atom. The summed E-state index contributed by atoms with van der Waals surface area (Å²) in [6.07, 6.45) is 2.79. The molecule has 5 heteroatoms. The molecule has 2 amide bonds. The first-order valence-corrected chi connectivity index (χ1v) is 8.83. The van der Waals surface area contributed by atoms with Crippen LogP contribution in [0.4, 0.5) is 10.5 Å². The number of urea groups is 1. The zero-order valence-electron chi connectivity index (χ0n) is 15.3. The fourth-order valence-electron chi connectivity index (χ4n) is 3.12. The predicted molar refractivity (Wildman–Crippen MR) is 96.6 cm³/mol. The molecule has 1 aliphatic rings. The number of carbonyl (C=O) groups is 1. The first-order chi connectivity index (χ1) is 11.4. The number of aryl methyl sites for hydroxylation is 1. The Hall–Kier alpha value is -1.75. The lowest BCUT2D eigenvalue weighted by Gasteiger charge is -2.40. The van der Waals surface area contributed by atoms with Gasteiger partial charge in [-0.05, 0) is 69.2 Å². The van der Waals surface area contributed by atoms with Crippen LogP contribution in [0.5, 0.6) is 5.75 Å². The lowest BCUT2D eigenvalue weighted by molar-refractivity contribution is 0.0542. The normalized spacial score (nSPS) is 17.0. The number of anilines is 1. The van der Waals surface area contributed by atoms with Crippen LogP contribution in [0.25, 0.3) is 0 Å². The van der Waals surface area contributed by atoms with E-state index in [4.69, 9.17) is 4.74 Å². The zero-order chi connectivity index (χ0) is 17.7. The largest absolute Gasteiger partial charge is 0.491 e. The molecule has 2 N–H and O–H groups in total. The quantitative estimate of drug-likeness (QED) is 0.861. The fourth-order valence-corrected chi connectivity index (χ4v) is 3.12. The molecule has 1 aromatic rings. The van der Waals surface area contributed by atoms with Crippen LogP contribution in [0.15, 0.2) is 18.2 Å². The van der Waals surface area contributed by atoms with Crippen molar-refractivity contribution >= 4 is 11.7 Å². The number of carbonyl (C=O) groups excluding carboxylic acids is 1. The number of ether oxygens (including phenoxy) is 1. The molecule has 1 aliphatic heterocycles. The van der Waals surface area contributed by atoms with E-state index in [9.17, 15) is 9.90 Å². The van der Waals surface area contributed by atoms with Crippen molar-refractivity contribution in [3.8, 4) is 5.75 Å². The number of nitrogens with one attached hydrogen (secondary N) is 1. The number of amides is 2. The minimum atomic E-state index is -0.0745. The molecule has 0 radical (unpaired) electrons.